The largest absolute Gasteiger partial charge is 0.496 e. The van der Waals surface area contributed by atoms with E-state index in [0.29, 0.717) is 17.4 Å². The fourth-order valence-electron chi connectivity index (χ4n) is 2.18. The zero-order valence-electron chi connectivity index (χ0n) is 12.2. The number of hydrogen-bond acceptors (Lipinski definition) is 2. The Labute approximate surface area is 129 Å². The summed E-state index contributed by atoms with van der Waals surface area (Å²) < 4.78 is 70.0. The summed E-state index contributed by atoms with van der Waals surface area (Å²) >= 11 is 0. The highest BCUT2D eigenvalue weighted by atomic mass is 19.4. The predicted molar refractivity (Wildman–Crippen MR) is 74.9 cm³/mol. The Balaban J connectivity index is 2.12. The van der Waals surface area contributed by atoms with Gasteiger partial charge in [0, 0.05) is 18.7 Å². The second-order valence-electron chi connectivity index (χ2n) is 4.86. The molecule has 0 spiro atoms. The van der Waals surface area contributed by atoms with Gasteiger partial charge in [-0.2, -0.15) is 13.2 Å². The summed E-state index contributed by atoms with van der Waals surface area (Å²) in [6.07, 6.45) is -4.64. The van der Waals surface area contributed by atoms with E-state index in [2.05, 4.69) is 5.32 Å². The molecule has 0 unspecified atom stereocenters. The molecule has 23 heavy (non-hydrogen) atoms. The van der Waals surface area contributed by atoms with Crippen LogP contribution in [0.5, 0.6) is 5.75 Å². The van der Waals surface area contributed by atoms with E-state index >= 15 is 0 Å². The second kappa shape index (κ2) is 6.95. The molecule has 0 radical (unpaired) electrons. The third-order valence-corrected chi connectivity index (χ3v) is 3.25. The molecular formula is C16H14F5NO. The normalized spacial score (nSPS) is 11.6. The molecule has 0 aliphatic carbocycles. The molecule has 0 bridgehead atoms. The van der Waals surface area contributed by atoms with Crippen molar-refractivity contribution >= 4 is 0 Å². The first kappa shape index (κ1) is 17.2. The average molecular weight is 331 g/mol. The monoisotopic (exact) mass is 331 g/mol. The van der Waals surface area contributed by atoms with Gasteiger partial charge in [-0.25, -0.2) is 8.78 Å². The van der Waals surface area contributed by atoms with Gasteiger partial charge >= 0.3 is 6.18 Å². The molecule has 2 aromatic rings. The zero-order chi connectivity index (χ0) is 17.0. The Morgan fingerprint density at radius 3 is 2.17 bits per heavy atom. The zero-order valence-corrected chi connectivity index (χ0v) is 12.2. The van der Waals surface area contributed by atoms with Crippen LogP contribution >= 0.6 is 0 Å². The van der Waals surface area contributed by atoms with Gasteiger partial charge in [0.05, 0.1) is 12.7 Å². The van der Waals surface area contributed by atoms with E-state index in [-0.39, 0.29) is 18.7 Å². The van der Waals surface area contributed by atoms with Gasteiger partial charge in [-0.05, 0) is 35.9 Å². The maximum atomic E-state index is 13.2. The molecule has 1 N–H and O–H groups in total. The van der Waals surface area contributed by atoms with Crippen molar-refractivity contribution in [3.63, 3.8) is 0 Å². The molecule has 0 aromatic heterocycles. The number of ether oxygens (including phenoxy) is 1. The van der Waals surface area contributed by atoms with Gasteiger partial charge in [0.15, 0.2) is 0 Å². The van der Waals surface area contributed by atoms with Crippen molar-refractivity contribution in [2.45, 2.75) is 19.3 Å². The number of alkyl halides is 3. The van der Waals surface area contributed by atoms with E-state index in [1.165, 1.54) is 25.3 Å². The Morgan fingerprint density at radius 2 is 1.52 bits per heavy atom. The maximum Gasteiger partial charge on any atom is 0.416 e. The number of halogens is 5. The van der Waals surface area contributed by atoms with Crippen molar-refractivity contribution in [3.8, 4) is 5.75 Å². The summed E-state index contributed by atoms with van der Waals surface area (Å²) in [4.78, 5) is 0. The summed E-state index contributed by atoms with van der Waals surface area (Å²) in [6.45, 7) is -0.0373. The number of nitrogens with one attached hydrogen (secondary N) is 1. The summed E-state index contributed by atoms with van der Waals surface area (Å²) in [5.41, 5.74) is -0.645. The van der Waals surface area contributed by atoms with Crippen LogP contribution in [0.15, 0.2) is 36.4 Å². The number of hydrogen-bond donors (Lipinski definition) is 1. The van der Waals surface area contributed by atoms with Crippen molar-refractivity contribution in [2.75, 3.05) is 7.11 Å². The van der Waals surface area contributed by atoms with Crippen LogP contribution in [0, 0.1) is 11.6 Å². The lowest BCUT2D eigenvalue weighted by Gasteiger charge is -2.14. The van der Waals surface area contributed by atoms with Crippen LogP contribution in [0.2, 0.25) is 0 Å². The van der Waals surface area contributed by atoms with E-state index in [9.17, 15) is 22.0 Å². The van der Waals surface area contributed by atoms with Crippen LogP contribution in [0.1, 0.15) is 16.7 Å². The molecule has 0 saturated heterocycles. The molecule has 124 valence electrons. The van der Waals surface area contributed by atoms with Gasteiger partial charge < -0.3 is 10.1 Å². The molecular weight excluding hydrogens is 317 g/mol. The third-order valence-electron chi connectivity index (χ3n) is 3.25. The fourth-order valence-corrected chi connectivity index (χ4v) is 2.18. The lowest BCUT2D eigenvalue weighted by molar-refractivity contribution is -0.138. The van der Waals surface area contributed by atoms with Gasteiger partial charge in [-0.3, -0.25) is 0 Å². The summed E-state index contributed by atoms with van der Waals surface area (Å²) in [7, 11) is 1.42. The predicted octanol–water partition coefficient (Wildman–Crippen LogP) is 4.28. The number of methoxy groups -OCH3 is 1. The summed E-state index contributed by atoms with van der Waals surface area (Å²) in [5.74, 6) is -0.998. The first-order chi connectivity index (χ1) is 10.8. The van der Waals surface area contributed by atoms with Crippen LogP contribution in [0.4, 0.5) is 22.0 Å². The van der Waals surface area contributed by atoms with Crippen molar-refractivity contribution in [1.82, 2.24) is 5.32 Å². The fraction of sp³-hybridized carbons (Fsp3) is 0.250. The van der Waals surface area contributed by atoms with Gasteiger partial charge in [0.2, 0.25) is 0 Å². The van der Waals surface area contributed by atoms with Crippen molar-refractivity contribution in [3.05, 3.63) is 64.7 Å². The van der Waals surface area contributed by atoms with Crippen LogP contribution in [-0.4, -0.2) is 7.11 Å². The SMILES string of the molecule is COc1ccc(F)cc1CNCc1ccc(F)cc1C(F)(F)F. The van der Waals surface area contributed by atoms with E-state index < -0.39 is 23.4 Å². The smallest absolute Gasteiger partial charge is 0.416 e. The van der Waals surface area contributed by atoms with Gasteiger partial charge in [0.1, 0.15) is 17.4 Å². The molecule has 2 aromatic carbocycles. The summed E-state index contributed by atoms with van der Waals surface area (Å²) in [5, 5.41) is 2.78. The Morgan fingerprint density at radius 1 is 0.913 bits per heavy atom. The Hall–Kier alpha value is -2.15. The quantitative estimate of drug-likeness (QED) is 0.826. The lowest BCUT2D eigenvalue weighted by Crippen LogP contribution is -2.18. The van der Waals surface area contributed by atoms with Crippen molar-refractivity contribution in [1.29, 1.82) is 0 Å². The van der Waals surface area contributed by atoms with Gasteiger partial charge in [-0.1, -0.05) is 6.07 Å². The minimum Gasteiger partial charge on any atom is -0.496 e. The van der Waals surface area contributed by atoms with Crippen LogP contribution in [-0.2, 0) is 19.3 Å². The Kier molecular flexibility index (Phi) is 5.20. The highest BCUT2D eigenvalue weighted by Gasteiger charge is 2.33. The molecule has 0 amide bonds. The van der Waals surface area contributed by atoms with Crippen LogP contribution in [0.3, 0.4) is 0 Å². The van der Waals surface area contributed by atoms with E-state index in [4.69, 9.17) is 4.74 Å². The highest BCUT2D eigenvalue weighted by Crippen LogP contribution is 2.32. The van der Waals surface area contributed by atoms with Crippen molar-refractivity contribution in [2.24, 2.45) is 0 Å². The number of rotatable bonds is 5. The Bertz CT molecular complexity index is 685. The lowest BCUT2D eigenvalue weighted by atomic mass is 10.1. The molecule has 2 rings (SSSR count). The molecule has 0 aliphatic rings. The molecule has 0 fully saturated rings. The van der Waals surface area contributed by atoms with E-state index in [0.717, 1.165) is 12.1 Å². The first-order valence-corrected chi connectivity index (χ1v) is 6.70. The minimum atomic E-state index is -4.64. The van der Waals surface area contributed by atoms with Crippen LogP contribution < -0.4 is 10.1 Å². The molecule has 0 heterocycles. The second-order valence-corrected chi connectivity index (χ2v) is 4.86. The standard InChI is InChI=1S/C16H14F5NO/c1-23-15-5-4-12(17)6-11(15)9-22-8-10-2-3-13(18)7-14(10)16(19,20)21/h2-7,22H,8-9H2,1H3. The highest BCUT2D eigenvalue weighted by molar-refractivity contribution is 5.34. The topological polar surface area (TPSA) is 21.3 Å². The average Bonchev–Trinajstić information content (AvgIpc) is 2.48. The minimum absolute atomic E-state index is 0.0886. The third kappa shape index (κ3) is 4.41. The maximum absolute atomic E-state index is 13.2. The molecule has 0 saturated carbocycles. The van der Waals surface area contributed by atoms with E-state index in [1.807, 2.05) is 0 Å². The van der Waals surface area contributed by atoms with Gasteiger partial charge in [-0.15, -0.1) is 0 Å². The first-order valence-electron chi connectivity index (χ1n) is 6.70. The van der Waals surface area contributed by atoms with Gasteiger partial charge in [0.25, 0.3) is 0 Å². The molecule has 0 atom stereocenters. The van der Waals surface area contributed by atoms with Crippen molar-refractivity contribution < 1.29 is 26.7 Å². The van der Waals surface area contributed by atoms with Crippen LogP contribution in [0.25, 0.3) is 0 Å². The molecule has 2 nitrogen and oxygen atoms in total. The molecule has 7 heteroatoms. The summed E-state index contributed by atoms with van der Waals surface area (Å²) in [6, 6.07) is 6.40. The molecule has 0 aliphatic heterocycles. The van der Waals surface area contributed by atoms with E-state index in [1.54, 1.807) is 0 Å². The number of benzene rings is 2.